The normalized spacial score (nSPS) is 16.6. The van der Waals surface area contributed by atoms with Gasteiger partial charge in [0.25, 0.3) is 10.0 Å². The van der Waals surface area contributed by atoms with Gasteiger partial charge in [-0.15, -0.1) is 11.3 Å². The predicted molar refractivity (Wildman–Crippen MR) is 70.5 cm³/mol. The summed E-state index contributed by atoms with van der Waals surface area (Å²) in [7, 11) is -3.33. The van der Waals surface area contributed by atoms with E-state index in [0.717, 1.165) is 19.3 Å². The van der Waals surface area contributed by atoms with E-state index in [1.54, 1.807) is 15.8 Å². The van der Waals surface area contributed by atoms with Gasteiger partial charge in [-0.05, 0) is 31.2 Å². The Morgan fingerprint density at radius 2 is 2.24 bits per heavy atom. The fourth-order valence-corrected chi connectivity index (χ4v) is 4.58. The number of hydrogen-bond donors (Lipinski definition) is 1. The fourth-order valence-electron chi connectivity index (χ4n) is 1.74. The Labute approximate surface area is 106 Å². The molecule has 1 fully saturated rings. The third kappa shape index (κ3) is 3.00. The van der Waals surface area contributed by atoms with Gasteiger partial charge in [0.2, 0.25) is 0 Å². The third-order valence-corrected chi connectivity index (χ3v) is 6.12. The monoisotopic (exact) mass is 274 g/mol. The van der Waals surface area contributed by atoms with E-state index < -0.39 is 10.0 Å². The molecule has 0 aromatic carbocycles. The first-order chi connectivity index (χ1) is 8.04. The lowest BCUT2D eigenvalue weighted by atomic mass is 10.4. The van der Waals surface area contributed by atoms with E-state index in [0.29, 0.717) is 28.9 Å². The van der Waals surface area contributed by atoms with Crippen LogP contribution in [0.1, 0.15) is 26.2 Å². The smallest absolute Gasteiger partial charge is 0.252 e. The van der Waals surface area contributed by atoms with E-state index in [1.165, 1.54) is 11.3 Å². The highest BCUT2D eigenvalue weighted by atomic mass is 32.2. The van der Waals surface area contributed by atoms with Crippen molar-refractivity contribution < 1.29 is 8.42 Å². The summed E-state index contributed by atoms with van der Waals surface area (Å²) in [5.41, 5.74) is 6.11. The van der Waals surface area contributed by atoms with Gasteiger partial charge in [0, 0.05) is 24.2 Å². The minimum absolute atomic E-state index is 0.365. The van der Waals surface area contributed by atoms with Crippen molar-refractivity contribution in [2.45, 2.75) is 30.4 Å². The molecule has 0 amide bonds. The average molecular weight is 274 g/mol. The van der Waals surface area contributed by atoms with Crippen LogP contribution in [0.4, 0.5) is 5.69 Å². The first-order valence-corrected chi connectivity index (χ1v) is 8.20. The molecule has 0 radical (unpaired) electrons. The van der Waals surface area contributed by atoms with Gasteiger partial charge < -0.3 is 5.73 Å². The van der Waals surface area contributed by atoms with Crippen molar-refractivity contribution in [3.8, 4) is 0 Å². The molecular formula is C11H18N2O2S2. The van der Waals surface area contributed by atoms with Gasteiger partial charge >= 0.3 is 0 Å². The summed E-state index contributed by atoms with van der Waals surface area (Å²) < 4.78 is 26.7. The van der Waals surface area contributed by atoms with Crippen molar-refractivity contribution in [2.75, 3.05) is 18.8 Å². The van der Waals surface area contributed by atoms with E-state index in [-0.39, 0.29) is 0 Å². The van der Waals surface area contributed by atoms with Gasteiger partial charge in [0.05, 0.1) is 0 Å². The van der Waals surface area contributed by atoms with Gasteiger partial charge in [0.1, 0.15) is 4.21 Å². The van der Waals surface area contributed by atoms with Crippen LogP contribution in [-0.4, -0.2) is 25.8 Å². The van der Waals surface area contributed by atoms with E-state index in [2.05, 4.69) is 0 Å². The molecule has 17 heavy (non-hydrogen) atoms. The Bertz CT molecular complexity index is 477. The largest absolute Gasteiger partial charge is 0.398 e. The molecule has 2 rings (SSSR count). The molecule has 0 unspecified atom stereocenters. The number of sulfonamides is 1. The fraction of sp³-hybridized carbons (Fsp3) is 0.636. The molecule has 96 valence electrons. The molecule has 1 aromatic heterocycles. The number of nitrogens with two attached hydrogens (primary N) is 1. The molecule has 1 saturated carbocycles. The zero-order chi connectivity index (χ0) is 12.5. The van der Waals surface area contributed by atoms with Gasteiger partial charge in [-0.3, -0.25) is 0 Å². The standard InChI is InChI=1S/C11H18N2O2S2/c1-2-5-13(7-9-3-4-9)17(14,15)11-6-10(12)8-16-11/h6,8-9H,2-5,7,12H2,1H3. The van der Waals surface area contributed by atoms with E-state index in [1.807, 2.05) is 6.92 Å². The van der Waals surface area contributed by atoms with E-state index >= 15 is 0 Å². The van der Waals surface area contributed by atoms with Crippen molar-refractivity contribution >= 4 is 27.0 Å². The lowest BCUT2D eigenvalue weighted by Gasteiger charge is -2.20. The summed E-state index contributed by atoms with van der Waals surface area (Å²) in [4.78, 5) is 0. The van der Waals surface area contributed by atoms with Gasteiger partial charge in [-0.2, -0.15) is 4.31 Å². The Balaban J connectivity index is 2.20. The van der Waals surface area contributed by atoms with Gasteiger partial charge in [-0.25, -0.2) is 8.42 Å². The summed E-state index contributed by atoms with van der Waals surface area (Å²) in [5, 5.41) is 1.67. The van der Waals surface area contributed by atoms with Crippen molar-refractivity contribution in [1.82, 2.24) is 4.31 Å². The van der Waals surface area contributed by atoms with Crippen LogP contribution in [0.5, 0.6) is 0 Å². The first kappa shape index (κ1) is 12.9. The topological polar surface area (TPSA) is 63.4 Å². The second-order valence-electron chi connectivity index (χ2n) is 4.51. The Morgan fingerprint density at radius 1 is 1.53 bits per heavy atom. The molecule has 2 N–H and O–H groups in total. The summed E-state index contributed by atoms with van der Waals surface area (Å²) in [6.07, 6.45) is 3.15. The summed E-state index contributed by atoms with van der Waals surface area (Å²) in [5.74, 6) is 0.564. The number of hydrogen-bond acceptors (Lipinski definition) is 4. The van der Waals surface area contributed by atoms with Crippen molar-refractivity contribution in [3.63, 3.8) is 0 Å². The highest BCUT2D eigenvalue weighted by molar-refractivity contribution is 7.91. The molecule has 1 aromatic rings. The molecule has 0 spiro atoms. The Hall–Kier alpha value is -0.590. The zero-order valence-electron chi connectivity index (χ0n) is 9.93. The number of anilines is 1. The van der Waals surface area contributed by atoms with E-state index in [4.69, 9.17) is 5.73 Å². The molecule has 6 heteroatoms. The zero-order valence-corrected chi connectivity index (χ0v) is 11.6. The van der Waals surface area contributed by atoms with Crippen LogP contribution in [0, 0.1) is 5.92 Å². The highest BCUT2D eigenvalue weighted by Crippen LogP contribution is 2.33. The number of rotatable bonds is 6. The van der Waals surface area contributed by atoms with Gasteiger partial charge in [-0.1, -0.05) is 6.92 Å². The van der Waals surface area contributed by atoms with Crippen LogP contribution in [0.3, 0.4) is 0 Å². The van der Waals surface area contributed by atoms with Crippen molar-refractivity contribution in [2.24, 2.45) is 5.92 Å². The lowest BCUT2D eigenvalue weighted by molar-refractivity contribution is 0.397. The molecule has 0 atom stereocenters. The second kappa shape index (κ2) is 4.96. The molecule has 1 heterocycles. The Morgan fingerprint density at radius 3 is 2.71 bits per heavy atom. The van der Waals surface area contributed by atoms with Crippen molar-refractivity contribution in [1.29, 1.82) is 0 Å². The van der Waals surface area contributed by atoms with Crippen LogP contribution in [0.25, 0.3) is 0 Å². The van der Waals surface area contributed by atoms with Crippen LogP contribution in [-0.2, 0) is 10.0 Å². The average Bonchev–Trinajstić information content (AvgIpc) is 2.98. The summed E-state index contributed by atoms with van der Waals surface area (Å²) in [6.45, 7) is 3.25. The molecule has 0 saturated heterocycles. The molecule has 0 bridgehead atoms. The highest BCUT2D eigenvalue weighted by Gasteiger charge is 2.31. The molecule has 1 aliphatic carbocycles. The van der Waals surface area contributed by atoms with Gasteiger partial charge in [0.15, 0.2) is 0 Å². The van der Waals surface area contributed by atoms with Crippen molar-refractivity contribution in [3.05, 3.63) is 11.4 Å². The van der Waals surface area contributed by atoms with Crippen LogP contribution >= 0.6 is 11.3 Å². The lowest BCUT2D eigenvalue weighted by Crippen LogP contribution is -2.33. The molecule has 1 aliphatic rings. The maximum absolute atomic E-state index is 12.4. The van der Waals surface area contributed by atoms with Crippen LogP contribution in [0.2, 0.25) is 0 Å². The molecule has 0 aliphatic heterocycles. The second-order valence-corrected chi connectivity index (χ2v) is 7.58. The maximum Gasteiger partial charge on any atom is 0.252 e. The van der Waals surface area contributed by atoms with E-state index in [9.17, 15) is 8.42 Å². The summed E-state index contributed by atoms with van der Waals surface area (Å²) >= 11 is 1.20. The number of thiophene rings is 1. The van der Waals surface area contributed by atoms with Crippen LogP contribution in [0.15, 0.2) is 15.7 Å². The number of nitrogen functional groups attached to an aromatic ring is 1. The summed E-state index contributed by atoms with van der Waals surface area (Å²) in [6, 6.07) is 1.55. The van der Waals surface area contributed by atoms with Crippen LogP contribution < -0.4 is 5.73 Å². The number of nitrogens with zero attached hydrogens (tertiary/aromatic N) is 1. The SMILES string of the molecule is CCCN(CC1CC1)S(=O)(=O)c1cc(N)cs1. The predicted octanol–water partition coefficient (Wildman–Crippen LogP) is 2.14. The Kier molecular flexibility index (Phi) is 3.75. The maximum atomic E-state index is 12.4. The third-order valence-electron chi connectivity index (χ3n) is 2.82. The molecule has 4 nitrogen and oxygen atoms in total. The minimum Gasteiger partial charge on any atom is -0.398 e. The quantitative estimate of drug-likeness (QED) is 0.864. The molecular weight excluding hydrogens is 256 g/mol. The first-order valence-electron chi connectivity index (χ1n) is 5.88. The minimum atomic E-state index is -3.33.